The van der Waals surface area contributed by atoms with E-state index in [9.17, 15) is 0 Å². The van der Waals surface area contributed by atoms with Crippen molar-refractivity contribution in [3.63, 3.8) is 0 Å². The number of furan rings is 1. The van der Waals surface area contributed by atoms with Gasteiger partial charge in [-0.25, -0.2) is 0 Å². The predicted molar refractivity (Wildman–Crippen MR) is 236 cm³/mol. The Bertz CT molecular complexity index is 3740. The number of aromatic nitrogens is 4. The van der Waals surface area contributed by atoms with Crippen molar-refractivity contribution in [2.24, 2.45) is 0 Å². The van der Waals surface area contributed by atoms with Crippen LogP contribution in [0.15, 0.2) is 199 Å². The van der Waals surface area contributed by atoms with Crippen LogP contribution in [0, 0.1) is 0 Å². The smallest absolute Gasteiger partial charge is 0.137 e. The zero-order valence-corrected chi connectivity index (χ0v) is 30.7. The van der Waals surface area contributed by atoms with Gasteiger partial charge < -0.3 is 4.42 Å². The van der Waals surface area contributed by atoms with E-state index in [4.69, 9.17) is 4.42 Å². The molecule has 13 aromatic rings. The van der Waals surface area contributed by atoms with E-state index in [-0.39, 0.29) is 0 Å². The molecule has 0 radical (unpaired) electrons. The second-order valence-electron chi connectivity index (χ2n) is 14.9. The van der Waals surface area contributed by atoms with Gasteiger partial charge in [0.05, 0.1) is 27.8 Å². The average molecular weight is 729 g/mol. The Morgan fingerprint density at radius 2 is 0.649 bits per heavy atom. The topological polar surface area (TPSA) is 32.9 Å². The van der Waals surface area contributed by atoms with Crippen molar-refractivity contribution < 1.29 is 4.42 Å². The third-order valence-electron chi connectivity index (χ3n) is 11.9. The van der Waals surface area contributed by atoms with E-state index in [1.54, 1.807) is 0 Å². The zero-order chi connectivity index (χ0) is 37.2. The van der Waals surface area contributed by atoms with E-state index in [0.717, 1.165) is 72.5 Å². The molecule has 13 rings (SSSR count). The molecule has 0 aliphatic heterocycles. The highest BCUT2D eigenvalue weighted by Gasteiger charge is 2.25. The maximum atomic E-state index is 6.46. The summed E-state index contributed by atoms with van der Waals surface area (Å²) >= 11 is 0. The summed E-state index contributed by atoms with van der Waals surface area (Å²) in [4.78, 5) is 0. The standard InChI is InChI=1S/C52H32N4O/c1-3-15-33(16-4-1)53-43-23-11-7-20-39(43)50-42-30-28-35(31-46(42)54(51(50)53)34-17-5-2-6-18-34)55-44-24-12-8-21-40(44)49-41-22-9-13-25-45(41)56(52(49)55)36-27-29-38-37-19-10-14-26-47(37)57-48(38)32-36/h1-32H. The molecule has 5 heterocycles. The zero-order valence-electron chi connectivity index (χ0n) is 30.7. The Labute approximate surface area is 326 Å². The van der Waals surface area contributed by atoms with Gasteiger partial charge in [-0.1, -0.05) is 115 Å². The molecule has 0 saturated carbocycles. The summed E-state index contributed by atoms with van der Waals surface area (Å²) in [5.41, 5.74) is 13.1. The maximum absolute atomic E-state index is 6.46. The lowest BCUT2D eigenvalue weighted by atomic mass is 10.1. The molecular formula is C52H32N4O. The van der Waals surface area contributed by atoms with Crippen molar-refractivity contribution in [2.75, 3.05) is 0 Å². The quantitative estimate of drug-likeness (QED) is 0.178. The van der Waals surface area contributed by atoms with Crippen LogP contribution in [0.1, 0.15) is 0 Å². The van der Waals surface area contributed by atoms with Crippen LogP contribution >= 0.6 is 0 Å². The molecule has 5 aromatic heterocycles. The molecule has 8 aromatic carbocycles. The van der Waals surface area contributed by atoms with Crippen LogP contribution < -0.4 is 0 Å². The van der Waals surface area contributed by atoms with Crippen molar-refractivity contribution in [1.82, 2.24) is 18.3 Å². The van der Waals surface area contributed by atoms with Crippen LogP contribution in [0.25, 0.3) is 110 Å². The van der Waals surface area contributed by atoms with Crippen LogP contribution in [0.2, 0.25) is 0 Å². The SMILES string of the molecule is c1ccc(-n2c3ccccc3c3c4ccc(-n5c6ccccc6c6c7ccccc7n(-c7ccc8c(c7)oc7ccccc78)c65)cc4n(-c4ccccc4)c32)cc1. The molecule has 5 heteroatoms. The van der Waals surface area contributed by atoms with Crippen LogP contribution in [0.4, 0.5) is 0 Å². The highest BCUT2D eigenvalue weighted by atomic mass is 16.3. The molecule has 57 heavy (non-hydrogen) atoms. The fourth-order valence-corrected chi connectivity index (χ4v) is 9.62. The summed E-state index contributed by atoms with van der Waals surface area (Å²) in [5.74, 6) is 0. The number of hydrogen-bond donors (Lipinski definition) is 0. The van der Waals surface area contributed by atoms with Gasteiger partial charge in [-0.05, 0) is 72.8 Å². The average Bonchev–Trinajstić information content (AvgIpc) is 4.06. The molecule has 0 unspecified atom stereocenters. The van der Waals surface area contributed by atoms with Crippen LogP contribution in [0.3, 0.4) is 0 Å². The van der Waals surface area contributed by atoms with Gasteiger partial charge in [0.1, 0.15) is 22.5 Å². The lowest BCUT2D eigenvalue weighted by Crippen LogP contribution is -2.03. The van der Waals surface area contributed by atoms with Crippen molar-refractivity contribution in [3.05, 3.63) is 194 Å². The van der Waals surface area contributed by atoms with Gasteiger partial charge in [-0.3, -0.25) is 18.3 Å². The van der Waals surface area contributed by atoms with Gasteiger partial charge in [-0.2, -0.15) is 0 Å². The lowest BCUT2D eigenvalue weighted by molar-refractivity contribution is 0.668. The van der Waals surface area contributed by atoms with E-state index in [1.807, 2.05) is 12.1 Å². The number of para-hydroxylation sites is 6. The Balaban J connectivity index is 1.17. The van der Waals surface area contributed by atoms with Crippen molar-refractivity contribution in [2.45, 2.75) is 0 Å². The summed E-state index contributed by atoms with van der Waals surface area (Å²) in [6.07, 6.45) is 0. The first-order valence-corrected chi connectivity index (χ1v) is 19.4. The Morgan fingerprint density at radius 3 is 1.21 bits per heavy atom. The first-order valence-electron chi connectivity index (χ1n) is 19.4. The molecule has 0 N–H and O–H groups in total. The van der Waals surface area contributed by atoms with Gasteiger partial charge in [0, 0.05) is 66.2 Å². The third-order valence-corrected chi connectivity index (χ3v) is 11.9. The van der Waals surface area contributed by atoms with E-state index < -0.39 is 0 Å². The fourth-order valence-electron chi connectivity index (χ4n) is 9.62. The van der Waals surface area contributed by atoms with Gasteiger partial charge in [-0.15, -0.1) is 0 Å². The molecule has 0 fully saturated rings. The largest absolute Gasteiger partial charge is 0.456 e. The van der Waals surface area contributed by atoms with Gasteiger partial charge >= 0.3 is 0 Å². The minimum Gasteiger partial charge on any atom is -0.456 e. The normalized spacial score (nSPS) is 12.2. The lowest BCUT2D eigenvalue weighted by Gasteiger charge is -2.15. The van der Waals surface area contributed by atoms with Crippen LogP contribution in [0.5, 0.6) is 0 Å². The van der Waals surface area contributed by atoms with Crippen LogP contribution in [-0.4, -0.2) is 18.3 Å². The van der Waals surface area contributed by atoms with Gasteiger partial charge in [0.25, 0.3) is 0 Å². The second kappa shape index (κ2) is 11.4. The highest BCUT2D eigenvalue weighted by Crippen LogP contribution is 2.45. The maximum Gasteiger partial charge on any atom is 0.137 e. The second-order valence-corrected chi connectivity index (χ2v) is 14.9. The minimum atomic E-state index is 0.877. The molecule has 0 aliphatic rings. The molecule has 0 saturated heterocycles. The Kier molecular flexibility index (Phi) is 6.10. The van der Waals surface area contributed by atoms with Gasteiger partial charge in [0.2, 0.25) is 0 Å². The summed E-state index contributed by atoms with van der Waals surface area (Å²) < 4.78 is 16.2. The van der Waals surface area contributed by atoms with E-state index >= 15 is 0 Å². The fraction of sp³-hybridized carbons (Fsp3) is 0. The molecule has 0 atom stereocenters. The van der Waals surface area contributed by atoms with Crippen molar-refractivity contribution in [1.29, 1.82) is 0 Å². The number of rotatable bonds is 4. The molecule has 0 amide bonds. The molecular weight excluding hydrogens is 697 g/mol. The number of benzene rings is 8. The summed E-state index contributed by atoms with van der Waals surface area (Å²) in [7, 11) is 0. The van der Waals surface area contributed by atoms with E-state index in [0.29, 0.717) is 0 Å². The van der Waals surface area contributed by atoms with Crippen LogP contribution in [-0.2, 0) is 0 Å². The Morgan fingerprint density at radius 1 is 0.263 bits per heavy atom. The number of nitrogens with zero attached hydrogens (tertiary/aromatic N) is 4. The van der Waals surface area contributed by atoms with Crippen molar-refractivity contribution >= 4 is 87.6 Å². The monoisotopic (exact) mass is 728 g/mol. The summed E-state index contributed by atoms with van der Waals surface area (Å²) in [5, 5.41) is 9.62. The minimum absolute atomic E-state index is 0.877. The summed E-state index contributed by atoms with van der Waals surface area (Å²) in [6.45, 7) is 0. The van der Waals surface area contributed by atoms with E-state index in [2.05, 4.69) is 200 Å². The number of fused-ring (bicyclic) bond motifs is 13. The molecule has 0 spiro atoms. The molecule has 0 aliphatic carbocycles. The first-order chi connectivity index (χ1) is 28.3. The van der Waals surface area contributed by atoms with Gasteiger partial charge in [0.15, 0.2) is 0 Å². The van der Waals surface area contributed by atoms with Crippen molar-refractivity contribution in [3.8, 4) is 22.7 Å². The Hall–Kier alpha value is -7.76. The summed E-state index contributed by atoms with van der Waals surface area (Å²) in [6, 6.07) is 69.9. The first kappa shape index (κ1) is 30.6. The highest BCUT2D eigenvalue weighted by molar-refractivity contribution is 6.24. The molecule has 5 nitrogen and oxygen atoms in total. The molecule has 0 bridgehead atoms. The van der Waals surface area contributed by atoms with E-state index in [1.165, 1.54) is 37.8 Å². The number of hydrogen-bond acceptors (Lipinski definition) is 1. The predicted octanol–water partition coefficient (Wildman–Crippen LogP) is 13.7. The molecule has 266 valence electrons. The third kappa shape index (κ3) is 4.12.